The van der Waals surface area contributed by atoms with E-state index in [9.17, 15) is 14.3 Å². The second kappa shape index (κ2) is 6.22. The quantitative estimate of drug-likeness (QED) is 0.870. The Morgan fingerprint density at radius 3 is 2.75 bits per heavy atom. The molecule has 20 heavy (non-hydrogen) atoms. The molecule has 1 aromatic rings. The number of hydrogen-bond donors (Lipinski definition) is 1. The monoisotopic (exact) mass is 281 g/mol. The molecule has 0 unspecified atom stereocenters. The minimum Gasteiger partial charge on any atom is -0.481 e. The lowest BCUT2D eigenvalue weighted by molar-refractivity contribution is -0.133. The lowest BCUT2D eigenvalue weighted by Gasteiger charge is -2.20. The number of likely N-dealkylation sites (N-methyl/N-ethyl adjacent to an activating group) is 1. The molecule has 1 aromatic carbocycles. The van der Waals surface area contributed by atoms with Crippen LogP contribution in [0.1, 0.15) is 38.4 Å². The van der Waals surface area contributed by atoms with Gasteiger partial charge in [0.25, 0.3) is 5.91 Å². The number of halogens is 1. The highest BCUT2D eigenvalue weighted by molar-refractivity contribution is 5.78. The van der Waals surface area contributed by atoms with E-state index in [-0.39, 0.29) is 18.3 Å². The number of nitrogens with zero attached hydrogens (tertiary/aromatic N) is 1. The molecule has 1 amide bonds. The second-order valence-corrected chi connectivity index (χ2v) is 5.07. The van der Waals surface area contributed by atoms with Crippen LogP contribution in [0.4, 0.5) is 4.39 Å². The number of hydrogen-bond acceptors (Lipinski definition) is 3. The summed E-state index contributed by atoms with van der Waals surface area (Å²) < 4.78 is 19.0. The van der Waals surface area contributed by atoms with Crippen molar-refractivity contribution in [2.45, 2.75) is 38.8 Å². The number of ether oxygens (including phenoxy) is 1. The number of benzene rings is 1. The van der Waals surface area contributed by atoms with Gasteiger partial charge in [-0.25, -0.2) is 4.39 Å². The molecule has 1 aliphatic rings. The number of amides is 1. The van der Waals surface area contributed by atoms with Gasteiger partial charge in [-0.2, -0.15) is 0 Å². The van der Waals surface area contributed by atoms with Crippen molar-refractivity contribution >= 4 is 5.91 Å². The third-order valence-corrected chi connectivity index (χ3v) is 3.44. The van der Waals surface area contributed by atoms with Gasteiger partial charge in [0.05, 0.1) is 6.10 Å². The van der Waals surface area contributed by atoms with Gasteiger partial charge in [-0.1, -0.05) is 6.07 Å². The van der Waals surface area contributed by atoms with E-state index in [1.807, 2.05) is 6.92 Å². The maximum absolute atomic E-state index is 13.8. The number of carbonyl (C=O) groups is 1. The largest absolute Gasteiger partial charge is 0.481 e. The third-order valence-electron chi connectivity index (χ3n) is 3.44. The van der Waals surface area contributed by atoms with Gasteiger partial charge in [-0.15, -0.1) is 0 Å². The molecular formula is C15H20FNO3. The molecule has 0 saturated heterocycles. The summed E-state index contributed by atoms with van der Waals surface area (Å²) in [7, 11) is 0. The molecule has 0 heterocycles. The zero-order valence-corrected chi connectivity index (χ0v) is 11.8. The van der Waals surface area contributed by atoms with Crippen LogP contribution in [0, 0.1) is 5.82 Å². The molecule has 1 N–H and O–H groups in total. The van der Waals surface area contributed by atoms with Crippen LogP contribution in [0.5, 0.6) is 5.75 Å². The Labute approximate surface area is 118 Å². The number of aliphatic hydroxyl groups is 1. The van der Waals surface area contributed by atoms with Crippen LogP contribution < -0.4 is 4.74 Å². The molecule has 1 saturated carbocycles. The molecule has 1 aliphatic carbocycles. The van der Waals surface area contributed by atoms with Gasteiger partial charge in [0, 0.05) is 12.6 Å². The van der Waals surface area contributed by atoms with Crippen LogP contribution >= 0.6 is 0 Å². The summed E-state index contributed by atoms with van der Waals surface area (Å²) in [6.45, 7) is 3.98. The van der Waals surface area contributed by atoms with Crippen molar-refractivity contribution in [3.05, 3.63) is 29.6 Å². The van der Waals surface area contributed by atoms with Gasteiger partial charge in [0.2, 0.25) is 0 Å². The summed E-state index contributed by atoms with van der Waals surface area (Å²) in [5.41, 5.74) is 0.481. The summed E-state index contributed by atoms with van der Waals surface area (Å²) in [6.07, 6.45) is 1.35. The minimum atomic E-state index is -0.731. The van der Waals surface area contributed by atoms with E-state index in [0.29, 0.717) is 18.2 Å². The number of aliphatic hydroxyl groups excluding tert-OH is 1. The van der Waals surface area contributed by atoms with E-state index in [4.69, 9.17) is 4.74 Å². The van der Waals surface area contributed by atoms with E-state index in [1.54, 1.807) is 17.9 Å². The molecule has 1 atom stereocenters. The first-order valence-electron chi connectivity index (χ1n) is 6.92. The van der Waals surface area contributed by atoms with Gasteiger partial charge in [-0.3, -0.25) is 4.79 Å². The smallest absolute Gasteiger partial charge is 0.260 e. The predicted octanol–water partition coefficient (Wildman–Crippen LogP) is 2.27. The van der Waals surface area contributed by atoms with E-state index in [2.05, 4.69) is 0 Å². The third kappa shape index (κ3) is 3.48. The van der Waals surface area contributed by atoms with Crippen molar-refractivity contribution in [3.63, 3.8) is 0 Å². The Kier molecular flexibility index (Phi) is 4.60. The maximum Gasteiger partial charge on any atom is 0.260 e. The SMILES string of the molecule is CCN(C(=O)COc1ccc([C@H](C)O)cc1F)C1CC1. The molecule has 0 radical (unpaired) electrons. The fraction of sp³-hybridized carbons (Fsp3) is 0.533. The van der Waals surface area contributed by atoms with Crippen LogP contribution in [0.15, 0.2) is 18.2 Å². The molecule has 0 bridgehead atoms. The molecule has 110 valence electrons. The van der Waals surface area contributed by atoms with Crippen LogP contribution in [0.25, 0.3) is 0 Å². The number of carbonyl (C=O) groups excluding carboxylic acids is 1. The van der Waals surface area contributed by atoms with Crippen molar-refractivity contribution in [2.24, 2.45) is 0 Å². The second-order valence-electron chi connectivity index (χ2n) is 5.07. The first-order chi connectivity index (χ1) is 9.52. The lowest BCUT2D eigenvalue weighted by atomic mass is 10.1. The van der Waals surface area contributed by atoms with Crippen molar-refractivity contribution in [1.29, 1.82) is 0 Å². The highest BCUT2D eigenvalue weighted by Gasteiger charge is 2.31. The summed E-state index contributed by atoms with van der Waals surface area (Å²) >= 11 is 0. The topological polar surface area (TPSA) is 49.8 Å². The lowest BCUT2D eigenvalue weighted by Crippen LogP contribution is -2.36. The molecule has 0 aromatic heterocycles. The van der Waals surface area contributed by atoms with Crippen LogP contribution in [0.3, 0.4) is 0 Å². The Bertz CT molecular complexity index is 486. The molecule has 1 fully saturated rings. The van der Waals surface area contributed by atoms with Crippen LogP contribution in [-0.2, 0) is 4.79 Å². The van der Waals surface area contributed by atoms with Gasteiger partial charge >= 0.3 is 0 Å². The van der Waals surface area contributed by atoms with E-state index < -0.39 is 11.9 Å². The van der Waals surface area contributed by atoms with E-state index in [1.165, 1.54) is 12.1 Å². The van der Waals surface area contributed by atoms with E-state index in [0.717, 1.165) is 12.8 Å². The average Bonchev–Trinajstić information content (AvgIpc) is 3.22. The summed E-state index contributed by atoms with van der Waals surface area (Å²) in [5.74, 6) is -0.644. The molecule has 4 nitrogen and oxygen atoms in total. The minimum absolute atomic E-state index is 0.0367. The summed E-state index contributed by atoms with van der Waals surface area (Å²) in [5, 5.41) is 9.36. The first-order valence-corrected chi connectivity index (χ1v) is 6.92. The molecule has 2 rings (SSSR count). The van der Waals surface area contributed by atoms with Crippen molar-refractivity contribution < 1.29 is 19.0 Å². The summed E-state index contributed by atoms with van der Waals surface area (Å²) in [6, 6.07) is 4.59. The average molecular weight is 281 g/mol. The van der Waals surface area contributed by atoms with Crippen molar-refractivity contribution in [1.82, 2.24) is 4.90 Å². The van der Waals surface area contributed by atoms with Crippen LogP contribution in [-0.4, -0.2) is 35.1 Å². The Balaban J connectivity index is 1.95. The van der Waals surface area contributed by atoms with Gasteiger partial charge in [0.15, 0.2) is 18.2 Å². The maximum atomic E-state index is 13.8. The van der Waals surface area contributed by atoms with Crippen molar-refractivity contribution in [3.8, 4) is 5.75 Å². The van der Waals surface area contributed by atoms with Crippen LogP contribution in [0.2, 0.25) is 0 Å². The Morgan fingerprint density at radius 2 is 2.25 bits per heavy atom. The summed E-state index contributed by atoms with van der Waals surface area (Å²) in [4.78, 5) is 13.7. The van der Waals surface area contributed by atoms with Gasteiger partial charge in [-0.05, 0) is 44.4 Å². The predicted molar refractivity (Wildman–Crippen MR) is 72.9 cm³/mol. The Hall–Kier alpha value is -1.62. The molecule has 0 spiro atoms. The highest BCUT2D eigenvalue weighted by atomic mass is 19.1. The fourth-order valence-electron chi connectivity index (χ4n) is 2.14. The molecular weight excluding hydrogens is 261 g/mol. The van der Waals surface area contributed by atoms with Gasteiger partial charge < -0.3 is 14.7 Å². The fourth-order valence-corrected chi connectivity index (χ4v) is 2.14. The molecule has 0 aliphatic heterocycles. The zero-order chi connectivity index (χ0) is 14.7. The van der Waals surface area contributed by atoms with Crippen molar-refractivity contribution in [2.75, 3.05) is 13.2 Å². The standard InChI is InChI=1S/C15H20FNO3/c1-3-17(12-5-6-12)15(19)9-20-14-7-4-11(10(2)18)8-13(14)16/h4,7-8,10,12,18H,3,5-6,9H2,1-2H3/t10-/m0/s1. The van der Waals surface area contributed by atoms with Gasteiger partial charge in [0.1, 0.15) is 0 Å². The first kappa shape index (κ1) is 14.8. The zero-order valence-electron chi connectivity index (χ0n) is 11.8. The normalized spacial score (nSPS) is 15.8. The Morgan fingerprint density at radius 1 is 1.55 bits per heavy atom. The number of rotatable bonds is 6. The molecule has 5 heteroatoms. The van der Waals surface area contributed by atoms with E-state index >= 15 is 0 Å². The highest BCUT2D eigenvalue weighted by Crippen LogP contribution is 2.27.